The fourth-order valence-corrected chi connectivity index (χ4v) is 0. The Morgan fingerprint density at radius 1 is 1.20 bits per heavy atom. The van der Waals surface area contributed by atoms with E-state index in [0.717, 1.165) is 0 Å². The summed E-state index contributed by atoms with van der Waals surface area (Å²) in [5.74, 6) is 0. The molecule has 2 nitrogen and oxygen atoms in total. The molecular formula is HBiCuO2Pb. The van der Waals surface area contributed by atoms with Crippen LogP contribution in [-0.4, -0.2) is 50.5 Å². The summed E-state index contributed by atoms with van der Waals surface area (Å²) in [6, 6.07) is 0. The van der Waals surface area contributed by atoms with Gasteiger partial charge >= 0.3 is 56.0 Å². The third-order valence-electron chi connectivity index (χ3n) is 0. The van der Waals surface area contributed by atoms with Gasteiger partial charge < -0.3 is 0 Å². The van der Waals surface area contributed by atoms with E-state index in [4.69, 9.17) is 5.50 Å². The van der Waals surface area contributed by atoms with Gasteiger partial charge in [-0.15, -0.1) is 0 Å². The molecule has 3 radical (unpaired) electrons. The summed E-state index contributed by atoms with van der Waals surface area (Å²) in [5, 5.41) is 0. The van der Waals surface area contributed by atoms with Crippen molar-refractivity contribution in [1.29, 1.82) is 0 Å². The van der Waals surface area contributed by atoms with Crippen LogP contribution in [-0.2, 0) is 22.6 Å². The topological polar surface area (TPSA) is 34.1 Å². The van der Waals surface area contributed by atoms with Crippen LogP contribution in [0.1, 0.15) is 0 Å². The minimum atomic E-state index is 0. The van der Waals surface area contributed by atoms with Crippen LogP contribution in [0, 0.1) is 0 Å². The van der Waals surface area contributed by atoms with Crippen molar-refractivity contribution in [3.05, 3.63) is 0 Å². The third kappa shape index (κ3) is 24.6. The Morgan fingerprint density at radius 2 is 1.20 bits per heavy atom. The van der Waals surface area contributed by atoms with Gasteiger partial charge in [0, 0.05) is 17.1 Å². The molecule has 0 aromatic rings. The van der Waals surface area contributed by atoms with E-state index in [1.807, 2.05) is 0 Å². The zero-order valence-electron chi connectivity index (χ0n) is 2.12. The molecule has 0 heterocycles. The summed E-state index contributed by atoms with van der Waals surface area (Å²) < 4.78 is 16.8. The van der Waals surface area contributed by atoms with Gasteiger partial charge in [0.05, 0.1) is 0 Å². The predicted molar refractivity (Wildman–Crippen MR) is 14.3 cm³/mol. The summed E-state index contributed by atoms with van der Waals surface area (Å²) in [4.78, 5) is 0. The molecule has 0 rings (SSSR count). The molecule has 0 amide bonds. The monoisotopic (exact) mass is 513 g/mol. The number of hydrogen-bond donors (Lipinski definition) is 0. The molecule has 0 aliphatic carbocycles. The zero-order chi connectivity index (χ0) is 4.00. The summed E-state index contributed by atoms with van der Waals surface area (Å²) in [6.45, 7) is 0. The van der Waals surface area contributed by atoms with E-state index >= 15 is 0 Å². The van der Waals surface area contributed by atoms with Crippen molar-refractivity contribution in [1.82, 2.24) is 0 Å². The van der Waals surface area contributed by atoms with Crippen LogP contribution in [0.2, 0.25) is 0 Å². The van der Waals surface area contributed by atoms with Gasteiger partial charge in [-0.3, -0.25) is 0 Å². The molecule has 5 heavy (non-hydrogen) atoms. The quantitative estimate of drug-likeness (QED) is 0.380. The molecule has 0 fully saturated rings. The van der Waals surface area contributed by atoms with Crippen molar-refractivity contribution in [3.63, 3.8) is 0 Å². The molecule has 5 heteroatoms. The molecule has 0 unspecified atom stereocenters. The maximum atomic E-state index is 8.39. The van der Waals surface area contributed by atoms with Crippen molar-refractivity contribution in [2.75, 3.05) is 0 Å². The van der Waals surface area contributed by atoms with E-state index in [-0.39, 0.29) is 67.6 Å². The normalized spacial score (nSPS) is 1.60. The zero-order valence-corrected chi connectivity index (χ0v) is 10.8. The van der Waals surface area contributed by atoms with Gasteiger partial charge in [-0.2, -0.15) is 0 Å². The molecular weight excluding hydrogens is 512 g/mol. The Hall–Kier alpha value is 1.92. The molecule has 0 N–H and O–H groups in total. The Kier molecular flexibility index (Phi) is 122. The maximum absolute atomic E-state index is 8.39. The van der Waals surface area contributed by atoms with Gasteiger partial charge in [0.15, 0.2) is 0 Å². The molecule has 0 bridgehead atoms. The molecule has 0 saturated heterocycles. The fourth-order valence-electron chi connectivity index (χ4n) is 0. The van der Waals surface area contributed by atoms with E-state index in [2.05, 4.69) is 0 Å². The van der Waals surface area contributed by atoms with Gasteiger partial charge in [-0.1, -0.05) is 0 Å². The van der Waals surface area contributed by atoms with E-state index in [1.165, 1.54) is 0 Å². The van der Waals surface area contributed by atoms with Crippen LogP contribution in [0.4, 0.5) is 0 Å². The SMILES string of the molecule is [Cu].[O]=[BiH].[O]=[Pb]. The van der Waals surface area contributed by atoms with Gasteiger partial charge in [-0.05, 0) is 0 Å². The average Bonchev–Trinajstić information content (AvgIpc) is 1.50. The molecule has 0 atom stereocenters. The molecule has 0 aliphatic heterocycles. The van der Waals surface area contributed by atoms with Crippen LogP contribution < -0.4 is 0 Å². The Labute approximate surface area is 72.0 Å². The van der Waals surface area contributed by atoms with Crippen molar-refractivity contribution in [3.8, 4) is 0 Å². The standard InChI is InChI=1S/Bi.Cu.2O.Pb.H. The molecule has 0 spiro atoms. The molecule has 0 aromatic carbocycles. The molecule has 0 aliphatic rings. The fraction of sp³-hybridized carbons (Fsp3) is 0. The van der Waals surface area contributed by atoms with Gasteiger partial charge in [0.1, 0.15) is 0 Å². The Balaban J connectivity index is -0.0000000133. The van der Waals surface area contributed by atoms with Gasteiger partial charge in [0.25, 0.3) is 0 Å². The second-order valence-corrected chi connectivity index (χ2v) is 0. The van der Waals surface area contributed by atoms with E-state index in [0.29, 0.717) is 0 Å². The van der Waals surface area contributed by atoms with Gasteiger partial charge in [0.2, 0.25) is 0 Å². The van der Waals surface area contributed by atoms with Crippen LogP contribution in [0.25, 0.3) is 0 Å². The second kappa shape index (κ2) is 38.8. The first-order valence-corrected chi connectivity index (χ1v) is 3.58. The van der Waals surface area contributed by atoms with Crippen molar-refractivity contribution in [2.24, 2.45) is 0 Å². The molecule has 33 valence electrons. The number of hydrogen-bond acceptors (Lipinski definition) is 2. The molecule has 0 saturated carbocycles. The number of rotatable bonds is 0. The van der Waals surface area contributed by atoms with Crippen LogP contribution in [0.15, 0.2) is 0 Å². The van der Waals surface area contributed by atoms with E-state index in [9.17, 15) is 0 Å². The van der Waals surface area contributed by atoms with Gasteiger partial charge in [-0.25, -0.2) is 0 Å². The van der Waals surface area contributed by atoms with Crippen molar-refractivity contribution in [2.45, 2.75) is 0 Å². The second-order valence-electron chi connectivity index (χ2n) is 0. The molecule has 0 aromatic heterocycles. The Morgan fingerprint density at radius 3 is 1.20 bits per heavy atom. The van der Waals surface area contributed by atoms with Crippen molar-refractivity contribution >= 4 is 50.5 Å². The minimum absolute atomic E-state index is 0. The van der Waals surface area contributed by atoms with Crippen molar-refractivity contribution < 1.29 is 22.6 Å². The third-order valence-corrected chi connectivity index (χ3v) is 0. The van der Waals surface area contributed by atoms with Crippen LogP contribution >= 0.6 is 0 Å². The van der Waals surface area contributed by atoms with E-state index in [1.54, 1.807) is 0 Å². The summed E-state index contributed by atoms with van der Waals surface area (Å²) in [6.07, 6.45) is 0. The predicted octanol–water partition coefficient (Wildman–Crippen LogP) is -1.27. The summed E-state index contributed by atoms with van der Waals surface area (Å²) >= 11 is 0.111. The summed E-state index contributed by atoms with van der Waals surface area (Å²) in [7, 11) is 0. The summed E-state index contributed by atoms with van der Waals surface area (Å²) in [5.41, 5.74) is 0. The first kappa shape index (κ1) is 15.8. The Bertz CT molecular complexity index is 11.6. The average molecular weight is 513 g/mol. The van der Waals surface area contributed by atoms with E-state index < -0.39 is 0 Å². The van der Waals surface area contributed by atoms with Crippen LogP contribution in [0.5, 0.6) is 0 Å². The first-order chi connectivity index (χ1) is 2.00. The first-order valence-electron chi connectivity index (χ1n) is 0.408. The van der Waals surface area contributed by atoms with Crippen LogP contribution in [0.3, 0.4) is 0 Å².